The third-order valence-electron chi connectivity index (χ3n) is 5.23. The molecule has 1 aliphatic rings. The van der Waals surface area contributed by atoms with Crippen molar-refractivity contribution >= 4 is 11.9 Å². The molecular formula is C21H21FN6O2. The molecule has 2 aromatic heterocycles. The van der Waals surface area contributed by atoms with Crippen LogP contribution in [0.3, 0.4) is 0 Å². The number of aryl methyl sites for hydroxylation is 1. The highest BCUT2D eigenvalue weighted by atomic mass is 19.1. The van der Waals surface area contributed by atoms with Gasteiger partial charge in [0.15, 0.2) is 0 Å². The van der Waals surface area contributed by atoms with E-state index in [9.17, 15) is 9.18 Å². The highest BCUT2D eigenvalue weighted by Crippen LogP contribution is 2.38. The summed E-state index contributed by atoms with van der Waals surface area (Å²) in [5.41, 5.74) is 9.19. The van der Waals surface area contributed by atoms with Crippen molar-refractivity contribution in [2.75, 3.05) is 19.4 Å². The summed E-state index contributed by atoms with van der Waals surface area (Å²) < 4.78 is 19.3. The van der Waals surface area contributed by atoms with Crippen molar-refractivity contribution < 1.29 is 13.9 Å². The van der Waals surface area contributed by atoms with Gasteiger partial charge in [-0.25, -0.2) is 19.3 Å². The third kappa shape index (κ3) is 3.32. The lowest BCUT2D eigenvalue weighted by Crippen LogP contribution is -2.41. The number of methoxy groups -OCH3 is 1. The van der Waals surface area contributed by atoms with E-state index in [0.717, 1.165) is 5.56 Å². The van der Waals surface area contributed by atoms with E-state index in [2.05, 4.69) is 19.9 Å². The van der Waals surface area contributed by atoms with E-state index in [0.29, 0.717) is 47.1 Å². The fraction of sp³-hybridized carbons (Fsp3) is 0.286. The van der Waals surface area contributed by atoms with Crippen LogP contribution in [0.2, 0.25) is 0 Å². The summed E-state index contributed by atoms with van der Waals surface area (Å²) in [6, 6.07) is 4.08. The van der Waals surface area contributed by atoms with Gasteiger partial charge >= 0.3 is 0 Å². The number of carbonyl (C=O) groups excluding carboxylic acids is 1. The molecule has 4 rings (SSSR count). The number of nitrogens with zero attached hydrogens (tertiary/aromatic N) is 5. The summed E-state index contributed by atoms with van der Waals surface area (Å²) in [7, 11) is 1.49. The maximum Gasteiger partial charge on any atom is 0.258 e. The number of anilines is 1. The Morgan fingerprint density at radius 3 is 2.80 bits per heavy atom. The number of nitrogens with two attached hydrogens (primary N) is 1. The first kappa shape index (κ1) is 19.7. The van der Waals surface area contributed by atoms with Gasteiger partial charge in [0.1, 0.15) is 5.82 Å². The minimum atomic E-state index is -0.411. The Bertz CT molecular complexity index is 1140. The number of amides is 1. The molecule has 0 bridgehead atoms. The van der Waals surface area contributed by atoms with E-state index in [4.69, 9.17) is 10.5 Å². The second kappa shape index (κ2) is 7.66. The molecule has 9 heteroatoms. The molecule has 1 aliphatic heterocycles. The van der Waals surface area contributed by atoms with Gasteiger partial charge in [-0.3, -0.25) is 9.78 Å². The van der Waals surface area contributed by atoms with Crippen LogP contribution in [0.15, 0.2) is 30.6 Å². The number of hydrogen-bond acceptors (Lipinski definition) is 7. The van der Waals surface area contributed by atoms with Gasteiger partial charge in [0.2, 0.25) is 11.8 Å². The molecule has 2 N–H and O–H groups in total. The van der Waals surface area contributed by atoms with Crippen molar-refractivity contribution in [3.8, 4) is 17.1 Å². The molecule has 1 amide bonds. The van der Waals surface area contributed by atoms with Crippen molar-refractivity contribution in [2.45, 2.75) is 26.3 Å². The predicted molar refractivity (Wildman–Crippen MR) is 108 cm³/mol. The number of benzene rings is 1. The standard InChI is InChI=1S/C21H21FN6O2/c1-4-28-17(8-15-19(20(28)29)11(2)25-21(23)27-15)13-6-5-12(22)7-14(13)16-9-24-10-18(26-16)30-3/h5-7,9-10,17H,4,8H2,1-3H3,(H2,23,25,27). The summed E-state index contributed by atoms with van der Waals surface area (Å²) in [5.74, 6) is -0.142. The minimum absolute atomic E-state index is 0.126. The summed E-state index contributed by atoms with van der Waals surface area (Å²) in [5, 5.41) is 0. The average molecular weight is 408 g/mol. The van der Waals surface area contributed by atoms with Gasteiger partial charge in [-0.15, -0.1) is 0 Å². The summed E-state index contributed by atoms with van der Waals surface area (Å²) >= 11 is 0. The molecule has 0 saturated heterocycles. The molecule has 3 aromatic rings. The fourth-order valence-corrected chi connectivity index (χ4v) is 3.92. The normalized spacial score (nSPS) is 15.8. The van der Waals surface area contributed by atoms with Gasteiger partial charge < -0.3 is 15.4 Å². The molecule has 30 heavy (non-hydrogen) atoms. The van der Waals surface area contributed by atoms with Crippen LogP contribution in [-0.2, 0) is 6.42 Å². The second-order valence-corrected chi connectivity index (χ2v) is 6.98. The van der Waals surface area contributed by atoms with E-state index in [1.807, 2.05) is 6.92 Å². The molecule has 8 nitrogen and oxygen atoms in total. The van der Waals surface area contributed by atoms with Crippen LogP contribution in [0.5, 0.6) is 5.88 Å². The first-order valence-corrected chi connectivity index (χ1v) is 9.52. The van der Waals surface area contributed by atoms with Crippen LogP contribution in [0.1, 0.15) is 40.3 Å². The zero-order chi connectivity index (χ0) is 21.4. The van der Waals surface area contributed by atoms with E-state index in [-0.39, 0.29) is 17.9 Å². The van der Waals surface area contributed by atoms with Gasteiger partial charge in [0, 0.05) is 18.5 Å². The molecule has 0 saturated carbocycles. The van der Waals surface area contributed by atoms with E-state index in [1.54, 1.807) is 24.1 Å². The van der Waals surface area contributed by atoms with Crippen molar-refractivity contribution in [3.63, 3.8) is 0 Å². The van der Waals surface area contributed by atoms with Crippen molar-refractivity contribution in [1.29, 1.82) is 0 Å². The molecule has 1 atom stereocenters. The Kier molecular flexibility index (Phi) is 5.03. The summed E-state index contributed by atoms with van der Waals surface area (Å²) in [6.45, 7) is 4.11. The van der Waals surface area contributed by atoms with E-state index < -0.39 is 5.82 Å². The molecule has 154 valence electrons. The summed E-state index contributed by atoms with van der Waals surface area (Å²) in [4.78, 5) is 32.0. The quantitative estimate of drug-likeness (QED) is 0.707. The van der Waals surface area contributed by atoms with Crippen molar-refractivity contribution in [3.05, 3.63) is 58.9 Å². The Morgan fingerprint density at radius 2 is 2.07 bits per heavy atom. The third-order valence-corrected chi connectivity index (χ3v) is 5.23. The molecule has 1 unspecified atom stereocenters. The molecule has 3 heterocycles. The highest BCUT2D eigenvalue weighted by Gasteiger charge is 2.36. The smallest absolute Gasteiger partial charge is 0.258 e. The molecule has 0 radical (unpaired) electrons. The lowest BCUT2D eigenvalue weighted by molar-refractivity contribution is 0.0656. The fourth-order valence-electron chi connectivity index (χ4n) is 3.92. The van der Waals surface area contributed by atoms with Gasteiger partial charge in [-0.2, -0.15) is 0 Å². The first-order chi connectivity index (χ1) is 14.4. The second-order valence-electron chi connectivity index (χ2n) is 6.98. The van der Waals surface area contributed by atoms with Gasteiger partial charge in [-0.1, -0.05) is 6.07 Å². The van der Waals surface area contributed by atoms with Crippen LogP contribution in [0, 0.1) is 12.7 Å². The number of likely N-dealkylation sites (N-methyl/N-ethyl adjacent to an activating group) is 1. The Balaban J connectivity index is 1.88. The van der Waals surface area contributed by atoms with Crippen molar-refractivity contribution in [2.24, 2.45) is 0 Å². The number of rotatable bonds is 4. The van der Waals surface area contributed by atoms with Gasteiger partial charge in [0.25, 0.3) is 5.91 Å². The van der Waals surface area contributed by atoms with Gasteiger partial charge in [0.05, 0.1) is 48.2 Å². The Morgan fingerprint density at radius 1 is 1.27 bits per heavy atom. The van der Waals surface area contributed by atoms with Crippen LogP contribution in [-0.4, -0.2) is 44.4 Å². The number of fused-ring (bicyclic) bond motifs is 1. The number of hydrogen-bond donors (Lipinski definition) is 1. The van der Waals surface area contributed by atoms with Crippen molar-refractivity contribution in [1.82, 2.24) is 24.8 Å². The average Bonchev–Trinajstić information content (AvgIpc) is 2.73. The van der Waals surface area contributed by atoms with E-state index in [1.165, 1.54) is 25.4 Å². The zero-order valence-electron chi connectivity index (χ0n) is 16.9. The van der Waals surface area contributed by atoms with Crippen LogP contribution in [0.4, 0.5) is 10.3 Å². The predicted octanol–water partition coefficient (Wildman–Crippen LogP) is 2.73. The summed E-state index contributed by atoms with van der Waals surface area (Å²) in [6.07, 6.45) is 3.45. The largest absolute Gasteiger partial charge is 0.480 e. The van der Waals surface area contributed by atoms with Crippen LogP contribution in [0.25, 0.3) is 11.3 Å². The highest BCUT2D eigenvalue weighted by molar-refractivity contribution is 5.98. The van der Waals surface area contributed by atoms with Gasteiger partial charge in [-0.05, 0) is 31.5 Å². The minimum Gasteiger partial charge on any atom is -0.480 e. The maximum atomic E-state index is 14.2. The topological polar surface area (TPSA) is 107 Å². The van der Waals surface area contributed by atoms with Crippen LogP contribution >= 0.6 is 0 Å². The molecule has 1 aromatic carbocycles. The Hall–Kier alpha value is -3.62. The molecular weight excluding hydrogens is 387 g/mol. The number of ether oxygens (including phenoxy) is 1. The molecule has 0 spiro atoms. The van der Waals surface area contributed by atoms with E-state index >= 15 is 0 Å². The number of halogens is 1. The maximum absolute atomic E-state index is 14.2. The molecule has 0 fully saturated rings. The first-order valence-electron chi connectivity index (χ1n) is 9.52. The Labute approximate surface area is 173 Å². The van der Waals surface area contributed by atoms with Crippen LogP contribution < -0.4 is 10.5 Å². The lowest BCUT2D eigenvalue weighted by Gasteiger charge is -2.37. The zero-order valence-corrected chi connectivity index (χ0v) is 16.9. The number of carbonyl (C=O) groups is 1. The molecule has 0 aliphatic carbocycles. The number of nitrogen functional groups attached to an aromatic ring is 1. The number of aromatic nitrogens is 4. The lowest BCUT2D eigenvalue weighted by atomic mass is 9.88. The monoisotopic (exact) mass is 408 g/mol. The SMILES string of the molecule is CCN1C(=O)c2c(C)nc(N)nc2CC1c1ccc(F)cc1-c1cncc(OC)n1.